The minimum Gasteiger partial charge on any atom is -0.496 e. The van der Waals surface area contributed by atoms with E-state index in [1.54, 1.807) is 28.3 Å². The maximum absolute atomic E-state index is 11.7. The maximum Gasteiger partial charge on any atom is 0.259 e. The fourth-order valence-corrected chi connectivity index (χ4v) is 2.77. The number of hydrogen-bond acceptors (Lipinski definition) is 4. The third-order valence-electron chi connectivity index (χ3n) is 4.62. The summed E-state index contributed by atoms with van der Waals surface area (Å²) in [5.41, 5.74) is 3.37. The Morgan fingerprint density at radius 3 is 2.60 bits per heavy atom. The normalized spacial score (nSPS) is 11.0. The van der Waals surface area contributed by atoms with Gasteiger partial charge in [0.15, 0.2) is 12.6 Å². The standard InChI is InChI=1S/C23H32N4O3/c1-17-9-10-18(14-21(17)29-5)11-12-25-23(24-2)26-15-19-7-6-8-20(13-19)30-16-22(28)27(3)4/h6-10,13-14H,11-12,15-16H2,1-5H3,(H2,24,25,26). The van der Waals surface area contributed by atoms with E-state index in [4.69, 9.17) is 9.47 Å². The van der Waals surface area contributed by atoms with Crippen molar-refractivity contribution < 1.29 is 14.3 Å². The van der Waals surface area contributed by atoms with Crippen molar-refractivity contribution in [1.29, 1.82) is 0 Å². The lowest BCUT2D eigenvalue weighted by molar-refractivity contribution is -0.130. The molecule has 7 nitrogen and oxygen atoms in total. The molecule has 2 rings (SSSR count). The SMILES string of the molecule is CN=C(NCCc1ccc(C)c(OC)c1)NCc1cccc(OCC(=O)N(C)C)c1. The number of methoxy groups -OCH3 is 1. The summed E-state index contributed by atoms with van der Waals surface area (Å²) in [6.07, 6.45) is 0.862. The molecule has 0 spiro atoms. The highest BCUT2D eigenvalue weighted by atomic mass is 16.5. The summed E-state index contributed by atoms with van der Waals surface area (Å²) >= 11 is 0. The van der Waals surface area contributed by atoms with E-state index in [-0.39, 0.29) is 12.5 Å². The van der Waals surface area contributed by atoms with Crippen LogP contribution >= 0.6 is 0 Å². The zero-order valence-electron chi connectivity index (χ0n) is 18.5. The molecular weight excluding hydrogens is 380 g/mol. The number of amides is 1. The van der Waals surface area contributed by atoms with Crippen LogP contribution in [0.2, 0.25) is 0 Å². The second kappa shape index (κ2) is 11.7. The van der Waals surface area contributed by atoms with Crippen molar-refractivity contribution in [2.24, 2.45) is 4.99 Å². The van der Waals surface area contributed by atoms with Gasteiger partial charge in [-0.2, -0.15) is 0 Å². The van der Waals surface area contributed by atoms with E-state index in [9.17, 15) is 4.79 Å². The second-order valence-corrected chi connectivity index (χ2v) is 7.13. The van der Waals surface area contributed by atoms with E-state index in [1.165, 1.54) is 10.5 Å². The topological polar surface area (TPSA) is 75.2 Å². The van der Waals surface area contributed by atoms with Crippen molar-refractivity contribution in [1.82, 2.24) is 15.5 Å². The van der Waals surface area contributed by atoms with Crippen LogP contribution in [0.3, 0.4) is 0 Å². The number of ether oxygens (including phenoxy) is 2. The van der Waals surface area contributed by atoms with Crippen LogP contribution in [0, 0.1) is 6.92 Å². The molecule has 0 aliphatic carbocycles. The number of hydrogen-bond donors (Lipinski definition) is 2. The van der Waals surface area contributed by atoms with Gasteiger partial charge in [0.25, 0.3) is 5.91 Å². The first kappa shape index (κ1) is 23.1. The second-order valence-electron chi connectivity index (χ2n) is 7.13. The van der Waals surface area contributed by atoms with Crippen LogP contribution in [0.4, 0.5) is 0 Å². The molecule has 0 radical (unpaired) electrons. The third kappa shape index (κ3) is 7.31. The highest BCUT2D eigenvalue weighted by Crippen LogP contribution is 2.19. The third-order valence-corrected chi connectivity index (χ3v) is 4.62. The number of benzene rings is 2. The van der Waals surface area contributed by atoms with E-state index < -0.39 is 0 Å². The van der Waals surface area contributed by atoms with Gasteiger partial charge in [0.1, 0.15) is 11.5 Å². The molecular formula is C23H32N4O3. The predicted octanol–water partition coefficient (Wildman–Crippen LogP) is 2.38. The van der Waals surface area contributed by atoms with Gasteiger partial charge in [-0.3, -0.25) is 9.79 Å². The first-order chi connectivity index (χ1) is 14.4. The molecule has 0 unspecified atom stereocenters. The molecule has 0 fully saturated rings. The number of carbonyl (C=O) groups excluding carboxylic acids is 1. The number of rotatable bonds is 9. The van der Waals surface area contributed by atoms with E-state index in [0.29, 0.717) is 12.3 Å². The summed E-state index contributed by atoms with van der Waals surface area (Å²) in [6.45, 7) is 3.40. The Morgan fingerprint density at radius 2 is 1.90 bits per heavy atom. The summed E-state index contributed by atoms with van der Waals surface area (Å²) in [5, 5.41) is 6.62. The highest BCUT2D eigenvalue weighted by molar-refractivity contribution is 5.79. The van der Waals surface area contributed by atoms with Crippen molar-refractivity contribution >= 4 is 11.9 Å². The van der Waals surface area contributed by atoms with Crippen LogP contribution in [0.15, 0.2) is 47.5 Å². The number of likely N-dealkylation sites (N-methyl/N-ethyl adjacent to an activating group) is 1. The van der Waals surface area contributed by atoms with Crippen LogP contribution in [0.5, 0.6) is 11.5 Å². The van der Waals surface area contributed by atoms with Gasteiger partial charge in [-0.25, -0.2) is 0 Å². The van der Waals surface area contributed by atoms with Gasteiger partial charge in [-0.05, 0) is 48.2 Å². The Bertz CT molecular complexity index is 865. The van der Waals surface area contributed by atoms with Crippen LogP contribution in [0.25, 0.3) is 0 Å². The Balaban J connectivity index is 1.81. The Kier molecular flexibility index (Phi) is 9.00. The lowest BCUT2D eigenvalue weighted by Crippen LogP contribution is -2.37. The molecule has 0 atom stereocenters. The van der Waals surface area contributed by atoms with Crippen LogP contribution in [0.1, 0.15) is 16.7 Å². The molecule has 0 aliphatic rings. The fraction of sp³-hybridized carbons (Fsp3) is 0.391. The van der Waals surface area contributed by atoms with Crippen molar-refractivity contribution in [2.75, 3.05) is 41.4 Å². The average Bonchev–Trinajstić information content (AvgIpc) is 2.75. The largest absolute Gasteiger partial charge is 0.496 e. The van der Waals surface area contributed by atoms with Crippen LogP contribution in [-0.2, 0) is 17.8 Å². The van der Waals surface area contributed by atoms with E-state index in [1.807, 2.05) is 31.2 Å². The van der Waals surface area contributed by atoms with Gasteiger partial charge >= 0.3 is 0 Å². The number of nitrogens with one attached hydrogen (secondary N) is 2. The van der Waals surface area contributed by atoms with E-state index in [0.717, 1.165) is 35.8 Å². The first-order valence-electron chi connectivity index (χ1n) is 9.93. The molecule has 2 aromatic rings. The van der Waals surface area contributed by atoms with E-state index >= 15 is 0 Å². The predicted molar refractivity (Wildman–Crippen MR) is 120 cm³/mol. The minimum atomic E-state index is -0.0747. The summed E-state index contributed by atoms with van der Waals surface area (Å²) in [4.78, 5) is 17.4. The van der Waals surface area contributed by atoms with Crippen molar-refractivity contribution in [3.8, 4) is 11.5 Å². The number of carbonyl (C=O) groups is 1. The lowest BCUT2D eigenvalue weighted by atomic mass is 10.1. The molecule has 0 aliphatic heterocycles. The monoisotopic (exact) mass is 412 g/mol. The molecule has 0 heterocycles. The summed E-state index contributed by atoms with van der Waals surface area (Å²) < 4.78 is 11.0. The van der Waals surface area contributed by atoms with Crippen LogP contribution < -0.4 is 20.1 Å². The van der Waals surface area contributed by atoms with Gasteiger partial charge < -0.3 is 25.0 Å². The van der Waals surface area contributed by atoms with E-state index in [2.05, 4.69) is 33.8 Å². The molecule has 1 amide bonds. The Morgan fingerprint density at radius 1 is 1.10 bits per heavy atom. The zero-order valence-corrected chi connectivity index (χ0v) is 18.5. The molecule has 2 aromatic carbocycles. The number of aliphatic imine (C=N–C) groups is 1. The van der Waals surface area contributed by atoms with Gasteiger partial charge in [-0.1, -0.05) is 24.3 Å². The molecule has 0 bridgehead atoms. The number of aryl methyl sites for hydroxylation is 1. The number of nitrogens with zero attached hydrogens (tertiary/aromatic N) is 2. The molecule has 30 heavy (non-hydrogen) atoms. The Labute approximate surface area is 179 Å². The van der Waals surface area contributed by atoms with Crippen molar-refractivity contribution in [3.63, 3.8) is 0 Å². The zero-order chi connectivity index (χ0) is 21.9. The quantitative estimate of drug-likeness (QED) is 0.489. The summed E-state index contributed by atoms with van der Waals surface area (Å²) in [5.74, 6) is 2.22. The molecule has 0 saturated carbocycles. The summed E-state index contributed by atoms with van der Waals surface area (Å²) in [6, 6.07) is 13.9. The van der Waals surface area contributed by atoms with Crippen LogP contribution in [-0.4, -0.2) is 58.2 Å². The molecule has 0 saturated heterocycles. The van der Waals surface area contributed by atoms with Gasteiger partial charge in [0.2, 0.25) is 0 Å². The van der Waals surface area contributed by atoms with Gasteiger partial charge in [0, 0.05) is 34.2 Å². The summed E-state index contributed by atoms with van der Waals surface area (Å²) in [7, 11) is 6.85. The average molecular weight is 413 g/mol. The first-order valence-corrected chi connectivity index (χ1v) is 9.93. The maximum atomic E-state index is 11.7. The van der Waals surface area contributed by atoms with Crippen molar-refractivity contribution in [3.05, 3.63) is 59.2 Å². The molecule has 7 heteroatoms. The smallest absolute Gasteiger partial charge is 0.259 e. The molecule has 0 aromatic heterocycles. The molecule has 162 valence electrons. The molecule has 2 N–H and O–H groups in total. The number of guanidine groups is 1. The van der Waals surface area contributed by atoms with Gasteiger partial charge in [-0.15, -0.1) is 0 Å². The highest BCUT2D eigenvalue weighted by Gasteiger charge is 2.06. The Hall–Kier alpha value is -3.22. The van der Waals surface area contributed by atoms with Crippen molar-refractivity contribution in [2.45, 2.75) is 19.9 Å². The minimum absolute atomic E-state index is 0.0247. The fourth-order valence-electron chi connectivity index (χ4n) is 2.77. The van der Waals surface area contributed by atoms with Gasteiger partial charge in [0.05, 0.1) is 7.11 Å². The lowest BCUT2D eigenvalue weighted by Gasteiger charge is -2.14.